The third-order valence-corrected chi connectivity index (χ3v) is 3.44. The fourth-order valence-corrected chi connectivity index (χ4v) is 2.36. The van der Waals surface area contributed by atoms with E-state index in [9.17, 15) is 9.18 Å². The Morgan fingerprint density at radius 3 is 3.06 bits per heavy atom. The first kappa shape index (κ1) is 13.3. The molecular weight excluding hydrogens is 255 g/mol. The van der Waals surface area contributed by atoms with Crippen molar-refractivity contribution in [3.8, 4) is 0 Å². The van der Waals surface area contributed by atoms with Crippen molar-refractivity contribution < 1.29 is 9.18 Å². The molecule has 2 N–H and O–H groups in total. The molecule has 1 fully saturated rings. The summed E-state index contributed by atoms with van der Waals surface area (Å²) in [5.74, 6) is -0.222. The fourth-order valence-electron chi connectivity index (χ4n) is 2.10. The highest BCUT2D eigenvalue weighted by atomic mass is 35.5. The predicted octanol–water partition coefficient (Wildman–Crippen LogP) is 2.21. The van der Waals surface area contributed by atoms with Crippen LogP contribution in [0.25, 0.3) is 0 Å². The first-order chi connectivity index (χ1) is 8.66. The molecular formula is C13H16ClFN2O. The van der Waals surface area contributed by atoms with E-state index in [1.807, 2.05) is 0 Å². The van der Waals surface area contributed by atoms with Gasteiger partial charge in [0.1, 0.15) is 5.82 Å². The third-order valence-electron chi connectivity index (χ3n) is 3.13. The van der Waals surface area contributed by atoms with Crippen molar-refractivity contribution >= 4 is 17.5 Å². The number of halogens is 2. The van der Waals surface area contributed by atoms with Gasteiger partial charge in [0, 0.05) is 6.54 Å². The average Bonchev–Trinajstić information content (AvgIpc) is 2.37. The van der Waals surface area contributed by atoms with Gasteiger partial charge in [-0.1, -0.05) is 11.6 Å². The van der Waals surface area contributed by atoms with Crippen molar-refractivity contribution in [2.24, 2.45) is 5.92 Å². The Bertz CT molecular complexity index is 433. The number of carbonyl (C=O) groups is 1. The molecule has 0 bridgehead atoms. The minimum Gasteiger partial charge on any atom is -0.352 e. The Hall–Kier alpha value is -1.13. The summed E-state index contributed by atoms with van der Waals surface area (Å²) >= 11 is 5.83. The SMILES string of the molecule is O=C(NCC1CCCNC1)c1ccc(F)cc1Cl. The van der Waals surface area contributed by atoms with Gasteiger partial charge in [0.25, 0.3) is 5.91 Å². The van der Waals surface area contributed by atoms with Gasteiger partial charge in [-0.25, -0.2) is 4.39 Å². The van der Waals surface area contributed by atoms with Gasteiger partial charge in [-0.05, 0) is 50.0 Å². The van der Waals surface area contributed by atoms with Gasteiger partial charge in [0.2, 0.25) is 0 Å². The number of carbonyl (C=O) groups excluding carboxylic acids is 1. The molecule has 1 heterocycles. The average molecular weight is 271 g/mol. The number of benzene rings is 1. The largest absolute Gasteiger partial charge is 0.352 e. The molecule has 5 heteroatoms. The van der Waals surface area contributed by atoms with E-state index in [4.69, 9.17) is 11.6 Å². The summed E-state index contributed by atoms with van der Waals surface area (Å²) < 4.78 is 12.9. The molecule has 0 saturated carbocycles. The Balaban J connectivity index is 1.90. The Labute approximate surface area is 111 Å². The zero-order valence-corrected chi connectivity index (χ0v) is 10.8. The maximum absolute atomic E-state index is 12.9. The smallest absolute Gasteiger partial charge is 0.252 e. The molecule has 0 aliphatic carbocycles. The van der Waals surface area contributed by atoms with Crippen LogP contribution < -0.4 is 10.6 Å². The van der Waals surface area contributed by atoms with Crippen LogP contribution in [0.2, 0.25) is 5.02 Å². The van der Waals surface area contributed by atoms with Crippen molar-refractivity contribution in [2.45, 2.75) is 12.8 Å². The number of amides is 1. The molecule has 3 nitrogen and oxygen atoms in total. The van der Waals surface area contributed by atoms with Crippen LogP contribution in [-0.4, -0.2) is 25.5 Å². The van der Waals surface area contributed by atoms with Gasteiger partial charge >= 0.3 is 0 Å². The van der Waals surface area contributed by atoms with Crippen molar-refractivity contribution in [2.75, 3.05) is 19.6 Å². The lowest BCUT2D eigenvalue weighted by molar-refractivity contribution is 0.0945. The van der Waals surface area contributed by atoms with Gasteiger partial charge in [-0.3, -0.25) is 4.79 Å². The number of rotatable bonds is 3. The summed E-state index contributed by atoms with van der Waals surface area (Å²) in [6, 6.07) is 3.80. The molecule has 1 unspecified atom stereocenters. The fraction of sp³-hybridized carbons (Fsp3) is 0.462. The normalized spacial score (nSPS) is 19.6. The third kappa shape index (κ3) is 3.43. The predicted molar refractivity (Wildman–Crippen MR) is 69.3 cm³/mol. The lowest BCUT2D eigenvalue weighted by Gasteiger charge is -2.22. The monoisotopic (exact) mass is 270 g/mol. The van der Waals surface area contributed by atoms with Crippen LogP contribution in [0.5, 0.6) is 0 Å². The number of hydrogen-bond donors (Lipinski definition) is 2. The summed E-state index contributed by atoms with van der Waals surface area (Å²) in [6.45, 7) is 2.60. The second-order valence-corrected chi connectivity index (χ2v) is 4.95. The quantitative estimate of drug-likeness (QED) is 0.884. The molecule has 1 aromatic rings. The van der Waals surface area contributed by atoms with E-state index in [0.717, 1.165) is 32.0 Å². The Morgan fingerprint density at radius 2 is 2.39 bits per heavy atom. The van der Waals surface area contributed by atoms with E-state index < -0.39 is 5.82 Å². The summed E-state index contributed by atoms with van der Waals surface area (Å²) in [5, 5.41) is 6.28. The number of hydrogen-bond acceptors (Lipinski definition) is 2. The molecule has 0 radical (unpaired) electrons. The van der Waals surface area contributed by atoms with Gasteiger partial charge in [0.15, 0.2) is 0 Å². The van der Waals surface area contributed by atoms with E-state index in [1.54, 1.807) is 0 Å². The maximum atomic E-state index is 12.9. The highest BCUT2D eigenvalue weighted by Gasteiger charge is 2.16. The first-order valence-corrected chi connectivity index (χ1v) is 6.48. The van der Waals surface area contributed by atoms with E-state index in [1.165, 1.54) is 12.1 Å². The minimum atomic E-state index is -0.437. The second-order valence-electron chi connectivity index (χ2n) is 4.55. The Kier molecular flexibility index (Phi) is 4.55. The molecule has 1 aliphatic heterocycles. The molecule has 0 spiro atoms. The van der Waals surface area contributed by atoms with Crippen LogP contribution >= 0.6 is 11.6 Å². The minimum absolute atomic E-state index is 0.147. The van der Waals surface area contributed by atoms with E-state index in [-0.39, 0.29) is 10.9 Å². The molecule has 2 rings (SSSR count). The number of nitrogens with one attached hydrogen (secondary N) is 2. The van der Waals surface area contributed by atoms with Crippen molar-refractivity contribution in [3.05, 3.63) is 34.6 Å². The van der Waals surface area contributed by atoms with Crippen molar-refractivity contribution in [1.82, 2.24) is 10.6 Å². The summed E-state index contributed by atoms with van der Waals surface area (Å²) in [7, 11) is 0. The van der Waals surface area contributed by atoms with E-state index in [2.05, 4.69) is 10.6 Å². The van der Waals surface area contributed by atoms with Gasteiger partial charge < -0.3 is 10.6 Å². The van der Waals surface area contributed by atoms with Crippen LogP contribution in [-0.2, 0) is 0 Å². The van der Waals surface area contributed by atoms with Gasteiger partial charge in [-0.2, -0.15) is 0 Å². The molecule has 98 valence electrons. The summed E-state index contributed by atoms with van der Waals surface area (Å²) in [5.41, 5.74) is 0.321. The van der Waals surface area contributed by atoms with E-state index >= 15 is 0 Å². The lowest BCUT2D eigenvalue weighted by Crippen LogP contribution is -2.38. The first-order valence-electron chi connectivity index (χ1n) is 6.11. The second kappa shape index (κ2) is 6.16. The van der Waals surface area contributed by atoms with Crippen LogP contribution in [0.1, 0.15) is 23.2 Å². The van der Waals surface area contributed by atoms with Gasteiger partial charge in [0.05, 0.1) is 10.6 Å². The summed E-state index contributed by atoms with van der Waals surface area (Å²) in [4.78, 5) is 11.9. The van der Waals surface area contributed by atoms with Gasteiger partial charge in [-0.15, -0.1) is 0 Å². The van der Waals surface area contributed by atoms with E-state index in [0.29, 0.717) is 18.0 Å². The molecule has 1 saturated heterocycles. The van der Waals surface area contributed by atoms with Crippen LogP contribution in [0.15, 0.2) is 18.2 Å². The zero-order chi connectivity index (χ0) is 13.0. The highest BCUT2D eigenvalue weighted by Crippen LogP contribution is 2.17. The molecule has 18 heavy (non-hydrogen) atoms. The highest BCUT2D eigenvalue weighted by molar-refractivity contribution is 6.33. The molecule has 1 amide bonds. The maximum Gasteiger partial charge on any atom is 0.252 e. The summed E-state index contributed by atoms with van der Waals surface area (Å²) in [6.07, 6.45) is 2.25. The van der Waals surface area contributed by atoms with Crippen LogP contribution in [0, 0.1) is 11.7 Å². The number of piperidine rings is 1. The molecule has 1 aliphatic rings. The molecule has 0 aromatic heterocycles. The molecule has 1 aromatic carbocycles. The van der Waals surface area contributed by atoms with Crippen LogP contribution in [0.4, 0.5) is 4.39 Å². The zero-order valence-electron chi connectivity index (χ0n) is 10.0. The van der Waals surface area contributed by atoms with Crippen molar-refractivity contribution in [3.63, 3.8) is 0 Å². The lowest BCUT2D eigenvalue weighted by atomic mass is 9.99. The molecule has 1 atom stereocenters. The standard InChI is InChI=1S/C13H16ClFN2O/c14-12-6-10(15)3-4-11(12)13(18)17-8-9-2-1-5-16-7-9/h3-4,6,9,16H,1-2,5,7-8H2,(H,17,18). The van der Waals surface area contributed by atoms with Crippen molar-refractivity contribution in [1.29, 1.82) is 0 Å². The Morgan fingerprint density at radius 1 is 1.56 bits per heavy atom. The van der Waals surface area contributed by atoms with Crippen LogP contribution in [0.3, 0.4) is 0 Å². The topological polar surface area (TPSA) is 41.1 Å².